The van der Waals surface area contributed by atoms with Crippen molar-refractivity contribution in [3.63, 3.8) is 0 Å². The lowest BCUT2D eigenvalue weighted by Gasteiger charge is -2.17. The first-order valence-corrected chi connectivity index (χ1v) is 9.29. The second-order valence-electron chi connectivity index (χ2n) is 4.58. The van der Waals surface area contributed by atoms with Crippen molar-refractivity contribution in [1.82, 2.24) is 5.32 Å². The molecule has 0 radical (unpaired) electrons. The lowest BCUT2D eigenvalue weighted by atomic mass is 10.1. The molecule has 5 heteroatoms. The minimum Gasteiger partial charge on any atom is -0.493 e. The van der Waals surface area contributed by atoms with Crippen LogP contribution >= 0.6 is 23.5 Å². The molecule has 0 aliphatic rings. The molecule has 0 bridgehead atoms. The molecule has 0 amide bonds. The molecule has 1 unspecified atom stereocenters. The maximum Gasteiger partial charge on any atom is 0.161 e. The molecule has 20 heavy (non-hydrogen) atoms. The first kappa shape index (κ1) is 17.5. The predicted molar refractivity (Wildman–Crippen MR) is 90.6 cm³/mol. The Morgan fingerprint density at radius 1 is 1.15 bits per heavy atom. The van der Waals surface area contributed by atoms with Crippen LogP contribution in [0.15, 0.2) is 17.0 Å². The Morgan fingerprint density at radius 2 is 1.80 bits per heavy atom. The van der Waals surface area contributed by atoms with Crippen molar-refractivity contribution >= 4 is 23.5 Å². The largest absolute Gasteiger partial charge is 0.493 e. The van der Waals surface area contributed by atoms with Gasteiger partial charge < -0.3 is 14.8 Å². The summed E-state index contributed by atoms with van der Waals surface area (Å²) in [6.07, 6.45) is 5.41. The molecule has 1 aromatic rings. The zero-order valence-electron chi connectivity index (χ0n) is 13.0. The van der Waals surface area contributed by atoms with E-state index in [-0.39, 0.29) is 0 Å². The average molecular weight is 316 g/mol. The van der Waals surface area contributed by atoms with E-state index in [2.05, 4.69) is 30.8 Å². The quantitative estimate of drug-likeness (QED) is 0.703. The molecule has 1 N–H and O–H groups in total. The maximum absolute atomic E-state index is 5.38. The molecule has 0 aliphatic heterocycles. The number of ether oxygens (including phenoxy) is 2. The number of rotatable bonds is 9. The predicted octanol–water partition coefficient (Wildman–Crippen LogP) is 3.66. The van der Waals surface area contributed by atoms with Gasteiger partial charge in [0, 0.05) is 17.5 Å². The summed E-state index contributed by atoms with van der Waals surface area (Å²) in [6.45, 7) is 3.09. The van der Waals surface area contributed by atoms with Gasteiger partial charge in [-0.25, -0.2) is 0 Å². The van der Waals surface area contributed by atoms with Crippen molar-refractivity contribution < 1.29 is 9.47 Å². The smallest absolute Gasteiger partial charge is 0.161 e. The lowest BCUT2D eigenvalue weighted by Crippen LogP contribution is -2.26. The molecule has 0 saturated heterocycles. The fraction of sp³-hybridized carbons (Fsp3) is 0.600. The van der Waals surface area contributed by atoms with Crippen LogP contribution in [0.3, 0.4) is 0 Å². The van der Waals surface area contributed by atoms with Crippen LogP contribution in [0.4, 0.5) is 0 Å². The minimum atomic E-state index is 0.519. The zero-order chi connectivity index (χ0) is 15.0. The molecule has 0 fully saturated rings. The van der Waals surface area contributed by atoms with Crippen LogP contribution in [0.2, 0.25) is 0 Å². The third-order valence-corrected chi connectivity index (χ3v) is 4.65. The molecule has 0 aliphatic carbocycles. The van der Waals surface area contributed by atoms with Crippen molar-refractivity contribution in [2.24, 2.45) is 0 Å². The highest BCUT2D eigenvalue weighted by molar-refractivity contribution is 7.98. The fourth-order valence-corrected chi connectivity index (χ4v) is 3.12. The molecule has 114 valence electrons. The van der Waals surface area contributed by atoms with Crippen molar-refractivity contribution in [3.8, 4) is 11.5 Å². The van der Waals surface area contributed by atoms with E-state index in [1.54, 1.807) is 26.0 Å². The van der Waals surface area contributed by atoms with E-state index in [9.17, 15) is 0 Å². The van der Waals surface area contributed by atoms with Gasteiger partial charge in [-0.2, -0.15) is 11.8 Å². The van der Waals surface area contributed by atoms with Crippen LogP contribution in [0.5, 0.6) is 11.5 Å². The molecule has 1 atom stereocenters. The van der Waals surface area contributed by atoms with Gasteiger partial charge in [0.2, 0.25) is 0 Å². The van der Waals surface area contributed by atoms with Crippen molar-refractivity contribution in [3.05, 3.63) is 17.7 Å². The van der Waals surface area contributed by atoms with Gasteiger partial charge in [0.25, 0.3) is 0 Å². The van der Waals surface area contributed by atoms with Gasteiger partial charge in [-0.1, -0.05) is 0 Å². The Morgan fingerprint density at radius 3 is 2.35 bits per heavy atom. The molecule has 3 nitrogen and oxygen atoms in total. The van der Waals surface area contributed by atoms with Crippen LogP contribution in [-0.4, -0.2) is 38.5 Å². The Bertz CT molecular complexity index is 413. The monoisotopic (exact) mass is 315 g/mol. The Kier molecular flexibility index (Phi) is 8.26. The van der Waals surface area contributed by atoms with Crippen LogP contribution < -0.4 is 14.8 Å². The highest BCUT2D eigenvalue weighted by atomic mass is 32.2. The van der Waals surface area contributed by atoms with E-state index in [1.165, 1.54) is 22.6 Å². The Balaban J connectivity index is 2.77. The third kappa shape index (κ3) is 5.11. The number of benzene rings is 1. The number of thioether (sulfide) groups is 2. The van der Waals surface area contributed by atoms with E-state index in [1.807, 2.05) is 17.8 Å². The van der Waals surface area contributed by atoms with E-state index in [0.29, 0.717) is 6.04 Å². The van der Waals surface area contributed by atoms with Crippen molar-refractivity contribution in [2.75, 3.05) is 32.5 Å². The second kappa shape index (κ2) is 9.42. The molecule has 0 spiro atoms. The maximum atomic E-state index is 5.38. The highest BCUT2D eigenvalue weighted by Crippen LogP contribution is 2.34. The minimum absolute atomic E-state index is 0.519. The third-order valence-electron chi connectivity index (χ3n) is 3.18. The number of methoxy groups -OCH3 is 2. The summed E-state index contributed by atoms with van der Waals surface area (Å²) < 4.78 is 10.7. The van der Waals surface area contributed by atoms with Gasteiger partial charge in [-0.05, 0) is 49.3 Å². The van der Waals surface area contributed by atoms with Gasteiger partial charge in [0.15, 0.2) is 11.5 Å². The SMILES string of the molecule is COc1cc(CNC(C)CCSC)c(SC)cc1OC. The summed E-state index contributed by atoms with van der Waals surface area (Å²) in [5, 5.41) is 3.57. The average Bonchev–Trinajstić information content (AvgIpc) is 2.49. The van der Waals surface area contributed by atoms with E-state index < -0.39 is 0 Å². The van der Waals surface area contributed by atoms with Crippen molar-refractivity contribution in [1.29, 1.82) is 0 Å². The standard InChI is InChI=1S/C15H25NO2S2/c1-11(6-7-19-4)16-10-12-8-13(17-2)14(18-3)9-15(12)20-5/h8-9,11,16H,6-7,10H2,1-5H3. The normalized spacial score (nSPS) is 12.2. The molecule has 1 aromatic carbocycles. The Hall–Kier alpha value is -0.520. The van der Waals surface area contributed by atoms with Crippen LogP contribution in [0, 0.1) is 0 Å². The van der Waals surface area contributed by atoms with E-state index in [0.717, 1.165) is 18.0 Å². The van der Waals surface area contributed by atoms with Crippen LogP contribution in [0.1, 0.15) is 18.9 Å². The second-order valence-corrected chi connectivity index (χ2v) is 6.42. The molecular weight excluding hydrogens is 290 g/mol. The van der Waals surface area contributed by atoms with Gasteiger partial charge >= 0.3 is 0 Å². The molecule has 0 heterocycles. The highest BCUT2D eigenvalue weighted by Gasteiger charge is 2.11. The topological polar surface area (TPSA) is 30.5 Å². The zero-order valence-corrected chi connectivity index (χ0v) is 14.6. The van der Waals surface area contributed by atoms with Crippen molar-refractivity contribution in [2.45, 2.75) is 30.8 Å². The first-order valence-electron chi connectivity index (χ1n) is 6.67. The first-order chi connectivity index (χ1) is 9.65. The van der Waals surface area contributed by atoms with Gasteiger partial charge in [-0.3, -0.25) is 0 Å². The van der Waals surface area contributed by atoms with E-state index in [4.69, 9.17) is 9.47 Å². The van der Waals surface area contributed by atoms with Crippen LogP contribution in [0.25, 0.3) is 0 Å². The lowest BCUT2D eigenvalue weighted by molar-refractivity contribution is 0.353. The molecule has 1 rings (SSSR count). The van der Waals surface area contributed by atoms with Gasteiger partial charge in [0.05, 0.1) is 14.2 Å². The summed E-state index contributed by atoms with van der Waals surface area (Å²) in [4.78, 5) is 1.23. The number of hydrogen-bond acceptors (Lipinski definition) is 5. The summed E-state index contributed by atoms with van der Waals surface area (Å²) in [5.74, 6) is 2.77. The summed E-state index contributed by atoms with van der Waals surface area (Å²) in [6, 6.07) is 4.64. The van der Waals surface area contributed by atoms with Gasteiger partial charge in [0.1, 0.15) is 0 Å². The molecular formula is C15H25NO2S2. The molecule has 0 aromatic heterocycles. The number of hydrogen-bond donors (Lipinski definition) is 1. The summed E-state index contributed by atoms with van der Waals surface area (Å²) >= 11 is 3.62. The van der Waals surface area contributed by atoms with Gasteiger partial charge in [-0.15, -0.1) is 11.8 Å². The number of nitrogens with one attached hydrogen (secondary N) is 1. The molecule has 0 saturated carbocycles. The van der Waals surface area contributed by atoms with Crippen LogP contribution in [-0.2, 0) is 6.54 Å². The Labute approximate surface area is 131 Å². The summed E-state index contributed by atoms with van der Waals surface area (Å²) in [7, 11) is 3.35. The van der Waals surface area contributed by atoms with E-state index >= 15 is 0 Å². The fourth-order valence-electron chi connectivity index (χ4n) is 1.91. The summed E-state index contributed by atoms with van der Waals surface area (Å²) in [5.41, 5.74) is 1.26.